The number of methoxy groups -OCH3 is 2. The number of hydrogen-bond acceptors (Lipinski definition) is 10. The molecule has 8 rings (SSSR count). The molecule has 6 atom stereocenters. The Hall–Kier alpha value is -6.18. The standard InChI is InChI=1S/C42H34Cl2N4O9/c1-56-27-11-8-23(9-12-27)42-31(15-6-22-7-17-35(49)36(18-22)57-2)28-13-14-29-37(40(52)46(38(29)50)25-4-3-5-26(20-25)48(54)55)30(28)21-32(42)39(51)47(41(42)53)45-34-16-10-24(43)19-33(34)44/h3-13,15-20,29-32,37,45,49H,14,21H2,1-2H3. The lowest BCUT2D eigenvalue weighted by atomic mass is 9.50. The molecule has 2 heterocycles. The molecule has 4 aliphatic rings. The van der Waals surface area contributed by atoms with Crippen LogP contribution in [0.5, 0.6) is 17.2 Å². The highest BCUT2D eigenvalue weighted by molar-refractivity contribution is 6.36. The Bertz CT molecular complexity index is 2440. The second-order valence-corrected chi connectivity index (χ2v) is 15.2. The highest BCUT2D eigenvalue weighted by atomic mass is 35.5. The van der Waals surface area contributed by atoms with Gasteiger partial charge in [-0.2, -0.15) is 5.01 Å². The second-order valence-electron chi connectivity index (χ2n) is 14.3. The molecule has 2 N–H and O–H groups in total. The Morgan fingerprint density at radius 2 is 1.68 bits per heavy atom. The fourth-order valence-electron chi connectivity index (χ4n) is 9.10. The fraction of sp³-hybridized carbons (Fsp3) is 0.238. The third kappa shape index (κ3) is 6.00. The Morgan fingerprint density at radius 1 is 0.912 bits per heavy atom. The number of nitro benzene ring substituents is 1. The minimum absolute atomic E-state index is 0.0231. The van der Waals surface area contributed by atoms with Gasteiger partial charge in [0, 0.05) is 23.1 Å². The lowest BCUT2D eigenvalue weighted by molar-refractivity contribution is -0.384. The van der Waals surface area contributed by atoms with Crippen LogP contribution in [0.3, 0.4) is 0 Å². The highest BCUT2D eigenvalue weighted by Crippen LogP contribution is 2.62. The number of non-ortho nitro benzene ring substituents is 1. The Labute approximate surface area is 336 Å². The molecule has 2 aliphatic carbocycles. The van der Waals surface area contributed by atoms with Crippen molar-refractivity contribution in [3.8, 4) is 17.2 Å². The first-order valence-electron chi connectivity index (χ1n) is 18.0. The number of nitro groups is 1. The van der Waals surface area contributed by atoms with Crippen molar-refractivity contribution >= 4 is 70.0 Å². The number of amides is 4. The summed E-state index contributed by atoms with van der Waals surface area (Å²) in [5, 5.41) is 23.4. The molecule has 2 saturated heterocycles. The number of hydrazine groups is 1. The van der Waals surface area contributed by atoms with Crippen molar-refractivity contribution < 1.29 is 38.7 Å². The fourth-order valence-corrected chi connectivity index (χ4v) is 9.55. The van der Waals surface area contributed by atoms with Gasteiger partial charge in [-0.25, -0.2) is 4.90 Å². The number of benzene rings is 4. The summed E-state index contributed by atoms with van der Waals surface area (Å²) < 4.78 is 10.8. The van der Waals surface area contributed by atoms with Crippen molar-refractivity contribution in [1.82, 2.24) is 5.01 Å². The molecule has 0 spiro atoms. The number of ether oxygens (including phenoxy) is 2. The van der Waals surface area contributed by atoms with Gasteiger partial charge in [0.2, 0.25) is 11.8 Å². The number of carbonyl (C=O) groups excluding carboxylic acids is 4. The molecule has 2 aliphatic heterocycles. The van der Waals surface area contributed by atoms with E-state index in [4.69, 9.17) is 32.7 Å². The monoisotopic (exact) mass is 808 g/mol. The summed E-state index contributed by atoms with van der Waals surface area (Å²) in [6, 6.07) is 21.7. The molecule has 13 nitrogen and oxygen atoms in total. The van der Waals surface area contributed by atoms with Crippen LogP contribution < -0.4 is 19.8 Å². The van der Waals surface area contributed by atoms with Gasteiger partial charge in [0.05, 0.1) is 58.7 Å². The molecule has 0 aromatic heterocycles. The first-order chi connectivity index (χ1) is 27.4. The van der Waals surface area contributed by atoms with E-state index in [-0.39, 0.29) is 46.4 Å². The summed E-state index contributed by atoms with van der Waals surface area (Å²) in [7, 11) is 2.94. The van der Waals surface area contributed by atoms with Crippen LogP contribution >= 0.6 is 23.2 Å². The van der Waals surface area contributed by atoms with Crippen LogP contribution in [0.4, 0.5) is 17.1 Å². The molecule has 4 aromatic carbocycles. The number of allylic oxidation sites excluding steroid dienone is 3. The Balaban J connectivity index is 1.30. The Kier molecular flexibility index (Phi) is 9.53. The van der Waals surface area contributed by atoms with Gasteiger partial charge in [0.25, 0.3) is 17.5 Å². The highest BCUT2D eigenvalue weighted by Gasteiger charge is 2.69. The Morgan fingerprint density at radius 3 is 2.39 bits per heavy atom. The number of imide groups is 2. The van der Waals surface area contributed by atoms with Crippen molar-refractivity contribution in [1.29, 1.82) is 0 Å². The molecule has 0 bridgehead atoms. The van der Waals surface area contributed by atoms with Crippen LogP contribution in [-0.4, -0.2) is 52.9 Å². The lowest BCUT2D eigenvalue weighted by Crippen LogP contribution is -2.54. The summed E-state index contributed by atoms with van der Waals surface area (Å²) in [5.74, 6) is -5.82. The topological polar surface area (TPSA) is 169 Å². The molecule has 4 amide bonds. The van der Waals surface area contributed by atoms with Gasteiger partial charge >= 0.3 is 0 Å². The number of nitrogens with one attached hydrogen (secondary N) is 1. The van der Waals surface area contributed by atoms with Crippen molar-refractivity contribution in [2.24, 2.45) is 29.6 Å². The minimum atomic E-state index is -1.58. The zero-order valence-corrected chi connectivity index (χ0v) is 31.9. The molecular weight excluding hydrogens is 775 g/mol. The summed E-state index contributed by atoms with van der Waals surface area (Å²) in [6.07, 6.45) is 5.66. The molecule has 4 aromatic rings. The number of phenols is 1. The van der Waals surface area contributed by atoms with E-state index >= 15 is 4.79 Å². The van der Waals surface area contributed by atoms with Gasteiger partial charge in [0.1, 0.15) is 5.75 Å². The van der Waals surface area contributed by atoms with E-state index < -0.39 is 63.6 Å². The van der Waals surface area contributed by atoms with Crippen molar-refractivity contribution in [3.63, 3.8) is 0 Å². The number of halogens is 2. The number of rotatable bonds is 9. The summed E-state index contributed by atoms with van der Waals surface area (Å²) in [6.45, 7) is 0. The summed E-state index contributed by atoms with van der Waals surface area (Å²) in [5.41, 5.74) is 3.28. The first-order valence-corrected chi connectivity index (χ1v) is 18.8. The number of aromatic hydroxyl groups is 1. The van der Waals surface area contributed by atoms with E-state index in [0.717, 1.165) is 9.91 Å². The average molecular weight is 810 g/mol. The molecule has 15 heteroatoms. The van der Waals surface area contributed by atoms with Gasteiger partial charge in [0.15, 0.2) is 11.5 Å². The maximum absolute atomic E-state index is 15.4. The van der Waals surface area contributed by atoms with Crippen LogP contribution in [0, 0.1) is 39.7 Å². The van der Waals surface area contributed by atoms with E-state index in [1.54, 1.807) is 54.6 Å². The predicted molar refractivity (Wildman–Crippen MR) is 211 cm³/mol. The number of phenolic OH excluding ortho intramolecular Hbond substituents is 1. The van der Waals surface area contributed by atoms with Crippen LogP contribution in [0.25, 0.3) is 6.08 Å². The summed E-state index contributed by atoms with van der Waals surface area (Å²) in [4.78, 5) is 70.9. The molecule has 6 unspecified atom stereocenters. The van der Waals surface area contributed by atoms with Gasteiger partial charge in [-0.15, -0.1) is 0 Å². The number of carbonyl (C=O) groups is 4. The maximum atomic E-state index is 15.4. The second kappa shape index (κ2) is 14.4. The lowest BCUT2D eigenvalue weighted by Gasteiger charge is -2.49. The zero-order valence-electron chi connectivity index (χ0n) is 30.4. The van der Waals surface area contributed by atoms with E-state index in [1.165, 1.54) is 50.6 Å². The number of hydrogen-bond donors (Lipinski definition) is 2. The van der Waals surface area contributed by atoms with Crippen molar-refractivity contribution in [2.75, 3.05) is 24.5 Å². The van der Waals surface area contributed by atoms with Crippen molar-refractivity contribution in [2.45, 2.75) is 18.3 Å². The molecule has 290 valence electrons. The van der Waals surface area contributed by atoms with Gasteiger partial charge in [-0.3, -0.25) is 34.7 Å². The smallest absolute Gasteiger partial charge is 0.271 e. The number of nitrogens with zero attached hydrogens (tertiary/aromatic N) is 3. The molecular formula is C42H34Cl2N4O9. The number of anilines is 2. The summed E-state index contributed by atoms with van der Waals surface area (Å²) >= 11 is 12.7. The van der Waals surface area contributed by atoms with Crippen LogP contribution in [0.2, 0.25) is 10.0 Å². The van der Waals surface area contributed by atoms with Gasteiger partial charge < -0.3 is 14.6 Å². The van der Waals surface area contributed by atoms with E-state index in [2.05, 4.69) is 5.43 Å². The first kappa shape index (κ1) is 37.7. The van der Waals surface area contributed by atoms with E-state index in [9.17, 15) is 29.6 Å². The number of fused-ring (bicyclic) bond motifs is 4. The van der Waals surface area contributed by atoms with Crippen LogP contribution in [-0.2, 0) is 24.6 Å². The van der Waals surface area contributed by atoms with Gasteiger partial charge in [-0.05, 0) is 78.4 Å². The van der Waals surface area contributed by atoms with E-state index in [1.807, 2.05) is 12.2 Å². The largest absolute Gasteiger partial charge is 0.504 e. The van der Waals surface area contributed by atoms with Crippen LogP contribution in [0.15, 0.2) is 103 Å². The molecule has 1 saturated carbocycles. The zero-order chi connectivity index (χ0) is 40.3. The third-order valence-electron chi connectivity index (χ3n) is 11.6. The molecule has 3 fully saturated rings. The van der Waals surface area contributed by atoms with Gasteiger partial charge in [-0.1, -0.05) is 71.3 Å². The quantitative estimate of drug-likeness (QED) is 0.0755. The average Bonchev–Trinajstić information content (AvgIpc) is 3.59. The van der Waals surface area contributed by atoms with Crippen molar-refractivity contribution in [3.05, 3.63) is 134 Å². The predicted octanol–water partition coefficient (Wildman–Crippen LogP) is 7.36. The molecule has 0 radical (unpaired) electrons. The SMILES string of the molecule is COc1ccc(C23C(=O)N(Nc4ccc(Cl)cc4Cl)C(=O)C2CC2C(=CCC4C(=O)N(c5cccc([N+](=O)[O-])c5)C(=O)C42)C3C=Cc2ccc(O)c(OC)c2)cc1. The minimum Gasteiger partial charge on any atom is -0.504 e. The third-order valence-corrected chi connectivity index (χ3v) is 12.2. The normalized spacial score (nSPS) is 25.3. The maximum Gasteiger partial charge on any atom is 0.271 e. The van der Waals surface area contributed by atoms with E-state index in [0.29, 0.717) is 27.5 Å². The molecule has 57 heavy (non-hydrogen) atoms. The van der Waals surface area contributed by atoms with Crippen LogP contribution in [0.1, 0.15) is 24.0 Å².